The van der Waals surface area contributed by atoms with Gasteiger partial charge in [-0.25, -0.2) is 4.39 Å². The number of rotatable bonds is 2. The average molecular weight is 295 g/mol. The molecule has 3 heteroatoms. The van der Waals surface area contributed by atoms with Crippen LogP contribution in [0.15, 0.2) is 54.6 Å². The molecule has 0 radical (unpaired) electrons. The van der Waals surface area contributed by atoms with E-state index in [-0.39, 0.29) is 11.9 Å². The largest absolute Gasteiger partial charge is 0.495 e. The lowest BCUT2D eigenvalue weighted by molar-refractivity contribution is 0.392. The fraction of sp³-hybridized carbons (Fsp3) is 0.263. The summed E-state index contributed by atoms with van der Waals surface area (Å²) in [6, 6.07) is 13.1. The monoisotopic (exact) mass is 295 g/mol. The van der Waals surface area contributed by atoms with Crippen LogP contribution in [0.2, 0.25) is 0 Å². The molecule has 22 heavy (non-hydrogen) atoms. The summed E-state index contributed by atoms with van der Waals surface area (Å²) in [4.78, 5) is 0. The van der Waals surface area contributed by atoms with Gasteiger partial charge in [-0.1, -0.05) is 42.5 Å². The molecule has 3 atom stereocenters. The minimum absolute atomic E-state index is 0.0370. The van der Waals surface area contributed by atoms with Crippen molar-refractivity contribution in [2.75, 3.05) is 12.4 Å². The first kappa shape index (κ1) is 13.4. The lowest BCUT2D eigenvalue weighted by Gasteiger charge is -2.38. The molecule has 0 saturated heterocycles. The molecule has 2 aromatic carbocycles. The lowest BCUT2D eigenvalue weighted by Crippen LogP contribution is -2.30. The van der Waals surface area contributed by atoms with Crippen LogP contribution in [0.3, 0.4) is 0 Å². The quantitative estimate of drug-likeness (QED) is 0.814. The zero-order valence-electron chi connectivity index (χ0n) is 12.4. The van der Waals surface area contributed by atoms with Crippen molar-refractivity contribution < 1.29 is 9.13 Å². The number of ether oxygens (including phenoxy) is 1. The Balaban J connectivity index is 1.85. The van der Waals surface area contributed by atoms with Crippen LogP contribution in [0.25, 0.3) is 0 Å². The standard InChI is InChI=1S/C19H18FNO/c1-22-17-11-5-9-14-12-7-4-8-13(12)18(21-19(14)17)15-6-2-3-10-16(15)20/h2-7,9-13,18,21H,8H2,1H3/t12-,13+,18+/m1/s1. The maximum atomic E-state index is 14.3. The van der Waals surface area contributed by atoms with E-state index in [4.69, 9.17) is 4.74 Å². The van der Waals surface area contributed by atoms with E-state index in [1.165, 1.54) is 11.6 Å². The van der Waals surface area contributed by atoms with Crippen molar-refractivity contribution in [2.45, 2.75) is 18.4 Å². The molecule has 1 N–H and O–H groups in total. The lowest BCUT2D eigenvalue weighted by atomic mass is 9.77. The molecule has 112 valence electrons. The van der Waals surface area contributed by atoms with Crippen LogP contribution in [0.5, 0.6) is 5.75 Å². The SMILES string of the molecule is COc1cccc2c1N[C@H](c1ccccc1F)[C@H]1CC=C[C@@H]21. The van der Waals surface area contributed by atoms with Gasteiger partial charge in [-0.2, -0.15) is 0 Å². The van der Waals surface area contributed by atoms with Gasteiger partial charge >= 0.3 is 0 Å². The number of methoxy groups -OCH3 is 1. The molecule has 0 saturated carbocycles. The molecule has 0 amide bonds. The first-order valence-corrected chi connectivity index (χ1v) is 7.64. The van der Waals surface area contributed by atoms with Crippen molar-refractivity contribution in [1.82, 2.24) is 0 Å². The number of para-hydroxylation sites is 1. The van der Waals surface area contributed by atoms with E-state index < -0.39 is 0 Å². The fourth-order valence-electron chi connectivity index (χ4n) is 3.80. The fourth-order valence-corrected chi connectivity index (χ4v) is 3.80. The number of benzene rings is 2. The van der Waals surface area contributed by atoms with Crippen LogP contribution in [-0.4, -0.2) is 7.11 Å². The van der Waals surface area contributed by atoms with Crippen molar-refractivity contribution >= 4 is 5.69 Å². The highest BCUT2D eigenvalue weighted by Crippen LogP contribution is 2.52. The van der Waals surface area contributed by atoms with Crippen molar-refractivity contribution in [3.8, 4) is 5.75 Å². The molecule has 0 bridgehead atoms. The number of anilines is 1. The number of allylic oxidation sites excluding steroid dienone is 2. The molecule has 1 heterocycles. The van der Waals surface area contributed by atoms with Crippen molar-refractivity contribution in [3.63, 3.8) is 0 Å². The average Bonchev–Trinajstić information content (AvgIpc) is 3.04. The Labute approximate surface area is 129 Å². The summed E-state index contributed by atoms with van der Waals surface area (Å²) in [7, 11) is 1.67. The summed E-state index contributed by atoms with van der Waals surface area (Å²) in [6.45, 7) is 0. The van der Waals surface area contributed by atoms with Gasteiger partial charge in [0.05, 0.1) is 18.8 Å². The van der Waals surface area contributed by atoms with Gasteiger partial charge in [0.2, 0.25) is 0 Å². The molecule has 0 spiro atoms. The maximum Gasteiger partial charge on any atom is 0.142 e. The summed E-state index contributed by atoms with van der Waals surface area (Å²) >= 11 is 0. The molecule has 0 fully saturated rings. The number of nitrogens with one attached hydrogen (secondary N) is 1. The minimum Gasteiger partial charge on any atom is -0.495 e. The van der Waals surface area contributed by atoms with Gasteiger partial charge in [-0.15, -0.1) is 0 Å². The second-order valence-electron chi connectivity index (χ2n) is 5.92. The molecule has 2 aliphatic rings. The van der Waals surface area contributed by atoms with Gasteiger partial charge in [-0.3, -0.25) is 0 Å². The summed E-state index contributed by atoms with van der Waals surface area (Å²) in [5, 5.41) is 3.54. The molecule has 0 unspecified atom stereocenters. The Morgan fingerprint density at radius 3 is 2.73 bits per heavy atom. The molecule has 0 aromatic heterocycles. The van der Waals surface area contributed by atoms with E-state index in [1.54, 1.807) is 13.2 Å². The van der Waals surface area contributed by atoms with Gasteiger partial charge in [0.25, 0.3) is 0 Å². The van der Waals surface area contributed by atoms with E-state index in [1.807, 2.05) is 24.3 Å². The van der Waals surface area contributed by atoms with Crippen LogP contribution in [0.4, 0.5) is 10.1 Å². The summed E-state index contributed by atoms with van der Waals surface area (Å²) in [5.41, 5.74) is 2.97. The summed E-state index contributed by atoms with van der Waals surface area (Å²) < 4.78 is 19.8. The Kier molecular flexibility index (Phi) is 3.14. The molecule has 2 aromatic rings. The van der Waals surface area contributed by atoms with Crippen molar-refractivity contribution in [2.24, 2.45) is 5.92 Å². The molecule has 1 aliphatic heterocycles. The highest BCUT2D eigenvalue weighted by Gasteiger charge is 2.39. The van der Waals surface area contributed by atoms with E-state index in [2.05, 4.69) is 23.5 Å². The van der Waals surface area contributed by atoms with E-state index in [0.717, 1.165) is 23.4 Å². The molecular formula is C19H18FNO. The molecule has 4 rings (SSSR count). The van der Waals surface area contributed by atoms with E-state index in [0.29, 0.717) is 11.8 Å². The van der Waals surface area contributed by atoms with E-state index >= 15 is 0 Å². The maximum absolute atomic E-state index is 14.3. The van der Waals surface area contributed by atoms with Crippen molar-refractivity contribution in [3.05, 3.63) is 71.6 Å². The zero-order chi connectivity index (χ0) is 15.1. The smallest absolute Gasteiger partial charge is 0.142 e. The summed E-state index contributed by atoms with van der Waals surface area (Å²) in [5.74, 6) is 1.33. The zero-order valence-corrected chi connectivity index (χ0v) is 12.4. The third kappa shape index (κ3) is 1.92. The van der Waals surface area contributed by atoms with Gasteiger partial charge < -0.3 is 10.1 Å². The number of hydrogen-bond donors (Lipinski definition) is 1. The predicted octanol–water partition coefficient (Wildman–Crippen LogP) is 4.66. The summed E-state index contributed by atoms with van der Waals surface area (Å²) in [6.07, 6.45) is 5.42. The van der Waals surface area contributed by atoms with Gasteiger partial charge in [0, 0.05) is 11.5 Å². The van der Waals surface area contributed by atoms with E-state index in [9.17, 15) is 4.39 Å². The number of fused-ring (bicyclic) bond motifs is 3. The van der Waals surface area contributed by atoms with Crippen LogP contribution < -0.4 is 10.1 Å². The molecule has 2 nitrogen and oxygen atoms in total. The van der Waals surface area contributed by atoms with Gasteiger partial charge in [0.15, 0.2) is 0 Å². The normalized spacial score (nSPS) is 25.3. The highest BCUT2D eigenvalue weighted by molar-refractivity contribution is 5.67. The van der Waals surface area contributed by atoms with Gasteiger partial charge in [0.1, 0.15) is 11.6 Å². The van der Waals surface area contributed by atoms with Crippen LogP contribution in [0, 0.1) is 11.7 Å². The first-order chi connectivity index (χ1) is 10.8. The molecule has 1 aliphatic carbocycles. The highest BCUT2D eigenvalue weighted by atomic mass is 19.1. The third-order valence-electron chi connectivity index (χ3n) is 4.82. The number of hydrogen-bond acceptors (Lipinski definition) is 2. The van der Waals surface area contributed by atoms with Crippen LogP contribution >= 0.6 is 0 Å². The minimum atomic E-state index is -0.149. The predicted molar refractivity (Wildman–Crippen MR) is 85.7 cm³/mol. The first-order valence-electron chi connectivity index (χ1n) is 7.64. The Hall–Kier alpha value is -2.29. The second kappa shape index (κ2) is 5.16. The van der Waals surface area contributed by atoms with Crippen LogP contribution in [-0.2, 0) is 0 Å². The Bertz CT molecular complexity index is 740. The third-order valence-corrected chi connectivity index (χ3v) is 4.82. The van der Waals surface area contributed by atoms with Gasteiger partial charge in [-0.05, 0) is 30.0 Å². The second-order valence-corrected chi connectivity index (χ2v) is 5.92. The van der Waals surface area contributed by atoms with Crippen molar-refractivity contribution in [1.29, 1.82) is 0 Å². The Morgan fingerprint density at radius 2 is 1.91 bits per heavy atom. The molecular weight excluding hydrogens is 277 g/mol. The topological polar surface area (TPSA) is 21.3 Å². The van der Waals surface area contributed by atoms with Crippen LogP contribution in [0.1, 0.15) is 29.5 Å². The Morgan fingerprint density at radius 1 is 1.09 bits per heavy atom. The number of halogens is 1.